The Labute approximate surface area is 188 Å². The van der Waals surface area contributed by atoms with E-state index >= 15 is 0 Å². The zero-order chi connectivity index (χ0) is 23.8. The van der Waals surface area contributed by atoms with Crippen LogP contribution in [0, 0.1) is 5.82 Å². The lowest BCUT2D eigenvalue weighted by Gasteiger charge is -2.19. The first-order chi connectivity index (χ1) is 15.2. The fourth-order valence-corrected chi connectivity index (χ4v) is 2.97. The molecule has 0 heterocycles. The number of carbonyl (C=O) groups is 3. The van der Waals surface area contributed by atoms with Gasteiger partial charge in [0.2, 0.25) is 11.7 Å². The third-order valence-electron chi connectivity index (χ3n) is 4.38. The number of halogens is 2. The number of carboxylic acid groups (broad SMARTS) is 1. The van der Waals surface area contributed by atoms with Gasteiger partial charge in [-0.1, -0.05) is 11.6 Å². The Hall–Kier alpha value is -3.53. The number of anilines is 1. The molecule has 2 aromatic rings. The van der Waals surface area contributed by atoms with Crippen molar-refractivity contribution in [2.45, 2.75) is 18.9 Å². The van der Waals surface area contributed by atoms with Crippen LogP contribution in [0.25, 0.3) is 0 Å². The minimum absolute atomic E-state index is 0.0949. The van der Waals surface area contributed by atoms with Crippen LogP contribution in [0.15, 0.2) is 30.3 Å². The molecule has 11 heteroatoms. The van der Waals surface area contributed by atoms with Crippen molar-refractivity contribution in [1.82, 2.24) is 5.32 Å². The molecular weight excluding hydrogens is 447 g/mol. The molecule has 0 saturated heterocycles. The molecule has 0 fully saturated rings. The molecule has 0 radical (unpaired) electrons. The molecule has 0 bridgehead atoms. The summed E-state index contributed by atoms with van der Waals surface area (Å²) in [6.07, 6.45) is -0.565. The minimum Gasteiger partial charge on any atom is -0.493 e. The van der Waals surface area contributed by atoms with E-state index in [2.05, 4.69) is 10.6 Å². The maximum absolute atomic E-state index is 13.3. The maximum atomic E-state index is 13.3. The van der Waals surface area contributed by atoms with Gasteiger partial charge >= 0.3 is 5.97 Å². The first kappa shape index (κ1) is 24.7. The number of methoxy groups -OCH3 is 3. The summed E-state index contributed by atoms with van der Waals surface area (Å²) >= 11 is 5.72. The molecule has 0 saturated carbocycles. The summed E-state index contributed by atoms with van der Waals surface area (Å²) in [6.45, 7) is 0. The number of carboxylic acids is 1. The van der Waals surface area contributed by atoms with E-state index in [0.717, 1.165) is 6.07 Å². The molecule has 3 N–H and O–H groups in total. The van der Waals surface area contributed by atoms with E-state index in [0.29, 0.717) is 0 Å². The van der Waals surface area contributed by atoms with Gasteiger partial charge in [-0.3, -0.25) is 14.4 Å². The summed E-state index contributed by atoms with van der Waals surface area (Å²) in [5.41, 5.74) is 0.279. The summed E-state index contributed by atoms with van der Waals surface area (Å²) < 4.78 is 29.0. The summed E-state index contributed by atoms with van der Waals surface area (Å²) in [7, 11) is 4.18. The van der Waals surface area contributed by atoms with Crippen LogP contribution in [0.4, 0.5) is 10.1 Å². The second-order valence-corrected chi connectivity index (χ2v) is 6.90. The molecule has 0 aliphatic rings. The Morgan fingerprint density at radius 2 is 1.69 bits per heavy atom. The lowest BCUT2D eigenvalue weighted by Crippen LogP contribution is -2.44. The van der Waals surface area contributed by atoms with Crippen LogP contribution in [0.5, 0.6) is 17.2 Å². The summed E-state index contributed by atoms with van der Waals surface area (Å²) in [5.74, 6) is -2.45. The van der Waals surface area contributed by atoms with Gasteiger partial charge in [0.05, 0.1) is 26.4 Å². The molecule has 32 heavy (non-hydrogen) atoms. The first-order valence-corrected chi connectivity index (χ1v) is 9.66. The fourth-order valence-electron chi connectivity index (χ4n) is 2.79. The van der Waals surface area contributed by atoms with Crippen LogP contribution in [0.2, 0.25) is 5.02 Å². The molecule has 0 aliphatic carbocycles. The van der Waals surface area contributed by atoms with Crippen LogP contribution in [0.1, 0.15) is 23.2 Å². The predicted octanol–water partition coefficient (Wildman–Crippen LogP) is 3.11. The van der Waals surface area contributed by atoms with Crippen LogP contribution < -0.4 is 24.8 Å². The van der Waals surface area contributed by atoms with Gasteiger partial charge in [0.15, 0.2) is 11.5 Å². The summed E-state index contributed by atoms with van der Waals surface area (Å²) in [4.78, 5) is 36.5. The maximum Gasteiger partial charge on any atom is 0.303 e. The van der Waals surface area contributed by atoms with E-state index < -0.39 is 29.6 Å². The minimum atomic E-state index is -1.21. The number of carbonyl (C=O) groups excluding carboxylic acids is 2. The number of amides is 2. The highest BCUT2D eigenvalue weighted by Gasteiger charge is 2.24. The van der Waals surface area contributed by atoms with Gasteiger partial charge in [-0.2, -0.15) is 0 Å². The van der Waals surface area contributed by atoms with Gasteiger partial charge < -0.3 is 30.0 Å². The number of hydrogen-bond acceptors (Lipinski definition) is 6. The van der Waals surface area contributed by atoms with Crippen molar-refractivity contribution in [3.63, 3.8) is 0 Å². The number of rotatable bonds is 10. The monoisotopic (exact) mass is 468 g/mol. The average Bonchev–Trinajstić information content (AvgIpc) is 2.77. The van der Waals surface area contributed by atoms with Crippen LogP contribution >= 0.6 is 11.6 Å². The Balaban J connectivity index is 2.27. The van der Waals surface area contributed by atoms with Crippen LogP contribution in [0.3, 0.4) is 0 Å². The first-order valence-electron chi connectivity index (χ1n) is 9.28. The molecule has 1 atom stereocenters. The lowest BCUT2D eigenvalue weighted by atomic mass is 10.1. The van der Waals surface area contributed by atoms with Crippen molar-refractivity contribution in [1.29, 1.82) is 0 Å². The van der Waals surface area contributed by atoms with Gasteiger partial charge in [-0.05, 0) is 36.8 Å². The SMILES string of the molecule is COc1cc(C(=O)N[C@H](CCC(=O)O)C(=O)Nc2ccc(F)c(Cl)c2)cc(OC)c1OC. The number of benzene rings is 2. The quantitative estimate of drug-likeness (QED) is 0.489. The molecule has 0 unspecified atom stereocenters. The smallest absolute Gasteiger partial charge is 0.303 e. The van der Waals surface area contributed by atoms with E-state index in [1.54, 1.807) is 0 Å². The molecular formula is C21H22ClFN2O7. The van der Waals surface area contributed by atoms with Gasteiger partial charge in [-0.25, -0.2) is 4.39 Å². The van der Waals surface area contributed by atoms with E-state index in [4.69, 9.17) is 30.9 Å². The second kappa shape index (κ2) is 11.2. The number of hydrogen-bond donors (Lipinski definition) is 3. The molecule has 0 spiro atoms. The number of ether oxygens (including phenoxy) is 3. The zero-order valence-electron chi connectivity index (χ0n) is 17.5. The van der Waals surface area contributed by atoms with Crippen LogP contribution in [-0.2, 0) is 9.59 Å². The molecule has 0 aliphatic heterocycles. The highest BCUT2D eigenvalue weighted by molar-refractivity contribution is 6.31. The van der Waals surface area contributed by atoms with Gasteiger partial charge in [0, 0.05) is 17.7 Å². The van der Waals surface area contributed by atoms with Gasteiger partial charge in [0.1, 0.15) is 11.9 Å². The largest absolute Gasteiger partial charge is 0.493 e. The zero-order valence-corrected chi connectivity index (χ0v) is 18.3. The average molecular weight is 469 g/mol. The lowest BCUT2D eigenvalue weighted by molar-refractivity contribution is -0.137. The van der Waals surface area contributed by atoms with E-state index in [1.807, 2.05) is 0 Å². The fraction of sp³-hybridized carbons (Fsp3) is 0.286. The van der Waals surface area contributed by atoms with Crippen molar-refractivity contribution < 1.29 is 38.1 Å². The second-order valence-electron chi connectivity index (χ2n) is 6.49. The van der Waals surface area contributed by atoms with Gasteiger partial charge in [-0.15, -0.1) is 0 Å². The molecule has 0 aromatic heterocycles. The summed E-state index contributed by atoms with van der Waals surface area (Å²) in [6, 6.07) is 5.13. The number of nitrogens with one attached hydrogen (secondary N) is 2. The highest BCUT2D eigenvalue weighted by atomic mass is 35.5. The third kappa shape index (κ3) is 6.24. The molecule has 172 valence electrons. The van der Waals surface area contributed by atoms with E-state index in [-0.39, 0.29) is 46.4 Å². The van der Waals surface area contributed by atoms with E-state index in [1.165, 1.54) is 45.6 Å². The summed E-state index contributed by atoms with van der Waals surface area (Å²) in [5, 5.41) is 13.8. The Morgan fingerprint density at radius 1 is 1.06 bits per heavy atom. The number of aliphatic carboxylic acids is 1. The molecule has 2 amide bonds. The van der Waals surface area contributed by atoms with Gasteiger partial charge in [0.25, 0.3) is 5.91 Å². The predicted molar refractivity (Wildman–Crippen MR) is 114 cm³/mol. The van der Waals surface area contributed by atoms with Crippen molar-refractivity contribution in [2.75, 3.05) is 26.6 Å². The Morgan fingerprint density at radius 3 is 2.19 bits per heavy atom. The third-order valence-corrected chi connectivity index (χ3v) is 4.67. The van der Waals surface area contributed by atoms with Crippen molar-refractivity contribution in [3.05, 3.63) is 46.7 Å². The molecule has 2 rings (SSSR count). The normalized spacial score (nSPS) is 11.3. The van der Waals surface area contributed by atoms with Crippen molar-refractivity contribution in [3.8, 4) is 17.2 Å². The van der Waals surface area contributed by atoms with Crippen molar-refractivity contribution in [2.24, 2.45) is 0 Å². The molecule has 2 aromatic carbocycles. The standard InChI is InChI=1S/C21H22ClFN2O7/c1-30-16-8-11(9-17(31-2)19(16)32-3)20(28)25-15(6-7-18(26)27)21(29)24-12-4-5-14(23)13(22)10-12/h4-5,8-10,15H,6-7H2,1-3H3,(H,24,29)(H,25,28)(H,26,27)/t15-/m1/s1. The van der Waals surface area contributed by atoms with Crippen LogP contribution in [-0.4, -0.2) is 50.3 Å². The highest BCUT2D eigenvalue weighted by Crippen LogP contribution is 2.38. The molecule has 9 nitrogen and oxygen atoms in total. The topological polar surface area (TPSA) is 123 Å². The Bertz CT molecular complexity index is 991. The Kier molecular flexibility index (Phi) is 8.65. The van der Waals surface area contributed by atoms with Crippen molar-refractivity contribution >= 4 is 35.1 Å². The van der Waals surface area contributed by atoms with E-state index in [9.17, 15) is 18.8 Å².